The molecule has 0 radical (unpaired) electrons. The van der Waals surface area contributed by atoms with Crippen LogP contribution >= 0.6 is 0 Å². The number of aromatic nitrogens is 2. The second kappa shape index (κ2) is 6.58. The van der Waals surface area contributed by atoms with E-state index in [2.05, 4.69) is 21.8 Å². The first-order chi connectivity index (χ1) is 7.29. The average molecular weight is 211 g/mol. The Balaban J connectivity index is 2.45. The number of imidazole rings is 1. The fourth-order valence-electron chi connectivity index (χ4n) is 1.58. The van der Waals surface area contributed by atoms with Crippen molar-refractivity contribution in [1.82, 2.24) is 14.9 Å². The SMILES string of the molecule is CCCn1c(CNCCOC)cnc1C. The van der Waals surface area contributed by atoms with Crippen molar-refractivity contribution in [3.8, 4) is 0 Å². The van der Waals surface area contributed by atoms with Gasteiger partial charge in [0.15, 0.2) is 0 Å². The van der Waals surface area contributed by atoms with Gasteiger partial charge >= 0.3 is 0 Å². The molecule has 0 saturated heterocycles. The van der Waals surface area contributed by atoms with Crippen LogP contribution in [-0.4, -0.2) is 29.8 Å². The highest BCUT2D eigenvalue weighted by Gasteiger charge is 2.04. The number of methoxy groups -OCH3 is 1. The predicted molar refractivity (Wildman–Crippen MR) is 60.8 cm³/mol. The Hall–Kier alpha value is -0.870. The molecule has 0 saturated carbocycles. The van der Waals surface area contributed by atoms with Crippen LogP contribution in [-0.2, 0) is 17.8 Å². The number of ether oxygens (including phenoxy) is 1. The summed E-state index contributed by atoms with van der Waals surface area (Å²) >= 11 is 0. The molecule has 4 heteroatoms. The van der Waals surface area contributed by atoms with Crippen molar-refractivity contribution >= 4 is 0 Å². The smallest absolute Gasteiger partial charge is 0.105 e. The van der Waals surface area contributed by atoms with Gasteiger partial charge in [0.25, 0.3) is 0 Å². The van der Waals surface area contributed by atoms with Crippen LogP contribution in [0.1, 0.15) is 24.9 Å². The van der Waals surface area contributed by atoms with Crippen molar-refractivity contribution in [3.63, 3.8) is 0 Å². The normalized spacial score (nSPS) is 10.9. The van der Waals surface area contributed by atoms with Crippen LogP contribution in [0.3, 0.4) is 0 Å². The first-order valence-electron chi connectivity index (χ1n) is 5.50. The molecule has 0 aliphatic rings. The molecule has 0 amide bonds. The van der Waals surface area contributed by atoms with Crippen LogP contribution in [0.25, 0.3) is 0 Å². The minimum absolute atomic E-state index is 0.751. The number of rotatable bonds is 7. The molecule has 0 aliphatic carbocycles. The van der Waals surface area contributed by atoms with Gasteiger partial charge in [0.2, 0.25) is 0 Å². The Morgan fingerprint density at radius 3 is 3.00 bits per heavy atom. The van der Waals surface area contributed by atoms with Crippen LogP contribution < -0.4 is 5.32 Å². The Morgan fingerprint density at radius 2 is 2.33 bits per heavy atom. The first kappa shape index (κ1) is 12.2. The Labute approximate surface area is 91.7 Å². The number of hydrogen-bond acceptors (Lipinski definition) is 3. The maximum atomic E-state index is 4.98. The summed E-state index contributed by atoms with van der Waals surface area (Å²) < 4.78 is 7.24. The van der Waals surface area contributed by atoms with Crippen LogP contribution in [0.4, 0.5) is 0 Å². The van der Waals surface area contributed by atoms with E-state index in [1.54, 1.807) is 7.11 Å². The van der Waals surface area contributed by atoms with Crippen LogP contribution in [0, 0.1) is 6.92 Å². The van der Waals surface area contributed by atoms with Gasteiger partial charge in [-0.1, -0.05) is 6.92 Å². The summed E-state index contributed by atoms with van der Waals surface area (Å²) in [6.45, 7) is 7.78. The van der Waals surface area contributed by atoms with E-state index < -0.39 is 0 Å². The topological polar surface area (TPSA) is 39.1 Å². The van der Waals surface area contributed by atoms with Crippen molar-refractivity contribution < 1.29 is 4.74 Å². The summed E-state index contributed by atoms with van der Waals surface area (Å²) in [7, 11) is 1.72. The summed E-state index contributed by atoms with van der Waals surface area (Å²) in [4.78, 5) is 4.33. The van der Waals surface area contributed by atoms with Crippen molar-refractivity contribution in [2.45, 2.75) is 33.4 Å². The van der Waals surface area contributed by atoms with Crippen LogP contribution in [0.15, 0.2) is 6.20 Å². The van der Waals surface area contributed by atoms with Crippen LogP contribution in [0.2, 0.25) is 0 Å². The van der Waals surface area contributed by atoms with Gasteiger partial charge in [-0.05, 0) is 13.3 Å². The summed E-state index contributed by atoms with van der Waals surface area (Å²) in [6, 6.07) is 0. The average Bonchev–Trinajstić information content (AvgIpc) is 2.57. The van der Waals surface area contributed by atoms with E-state index in [-0.39, 0.29) is 0 Å². The molecule has 0 unspecified atom stereocenters. The van der Waals surface area contributed by atoms with Crippen LogP contribution in [0.5, 0.6) is 0 Å². The van der Waals surface area contributed by atoms with Crippen molar-refractivity contribution in [2.75, 3.05) is 20.3 Å². The highest BCUT2D eigenvalue weighted by atomic mass is 16.5. The van der Waals surface area contributed by atoms with Gasteiger partial charge in [-0.15, -0.1) is 0 Å². The largest absolute Gasteiger partial charge is 0.383 e. The number of hydrogen-bond donors (Lipinski definition) is 1. The Kier molecular flexibility index (Phi) is 5.36. The summed E-state index contributed by atoms with van der Waals surface area (Å²) in [5, 5.41) is 3.33. The lowest BCUT2D eigenvalue weighted by molar-refractivity contribution is 0.199. The lowest BCUT2D eigenvalue weighted by atomic mass is 10.4. The zero-order valence-corrected chi connectivity index (χ0v) is 9.92. The Bertz CT molecular complexity index is 283. The lowest BCUT2D eigenvalue weighted by Gasteiger charge is -2.09. The molecule has 0 atom stereocenters. The summed E-state index contributed by atoms with van der Waals surface area (Å²) in [5.41, 5.74) is 1.26. The highest BCUT2D eigenvalue weighted by molar-refractivity contribution is 5.04. The van der Waals surface area contributed by atoms with Gasteiger partial charge in [-0.3, -0.25) is 0 Å². The molecule has 0 fully saturated rings. The van der Waals surface area contributed by atoms with E-state index in [0.29, 0.717) is 0 Å². The lowest BCUT2D eigenvalue weighted by Crippen LogP contribution is -2.20. The molecule has 1 aromatic heterocycles. The molecule has 15 heavy (non-hydrogen) atoms. The van der Waals surface area contributed by atoms with Crippen molar-refractivity contribution in [3.05, 3.63) is 17.7 Å². The molecule has 1 heterocycles. The minimum atomic E-state index is 0.751. The van der Waals surface area contributed by atoms with E-state index in [9.17, 15) is 0 Å². The van der Waals surface area contributed by atoms with Crippen molar-refractivity contribution in [1.29, 1.82) is 0 Å². The highest BCUT2D eigenvalue weighted by Crippen LogP contribution is 2.05. The van der Waals surface area contributed by atoms with Gasteiger partial charge in [0.1, 0.15) is 5.82 Å². The summed E-state index contributed by atoms with van der Waals surface area (Å²) in [5.74, 6) is 1.10. The summed E-state index contributed by atoms with van der Waals surface area (Å²) in [6.07, 6.45) is 3.09. The molecule has 86 valence electrons. The minimum Gasteiger partial charge on any atom is -0.383 e. The molecular weight excluding hydrogens is 190 g/mol. The third-order valence-electron chi connectivity index (χ3n) is 2.37. The van der Waals surface area contributed by atoms with E-state index >= 15 is 0 Å². The third-order valence-corrected chi connectivity index (χ3v) is 2.37. The van der Waals surface area contributed by atoms with Gasteiger partial charge in [0.05, 0.1) is 12.3 Å². The van der Waals surface area contributed by atoms with E-state index in [1.165, 1.54) is 5.69 Å². The number of aryl methyl sites for hydroxylation is 1. The fourth-order valence-corrected chi connectivity index (χ4v) is 1.58. The van der Waals surface area contributed by atoms with E-state index in [0.717, 1.165) is 38.5 Å². The zero-order valence-electron chi connectivity index (χ0n) is 9.92. The molecule has 0 spiro atoms. The standard InChI is InChI=1S/C11H21N3O/c1-4-6-14-10(2)13-9-11(14)8-12-5-7-15-3/h9,12H,4-8H2,1-3H3. The van der Waals surface area contributed by atoms with Gasteiger partial charge in [-0.2, -0.15) is 0 Å². The third kappa shape index (κ3) is 3.64. The number of nitrogens with one attached hydrogen (secondary N) is 1. The molecule has 1 N–H and O–H groups in total. The predicted octanol–water partition coefficient (Wildman–Crippen LogP) is 1.34. The molecule has 0 aliphatic heterocycles. The maximum absolute atomic E-state index is 4.98. The zero-order chi connectivity index (χ0) is 11.1. The molecule has 0 aromatic carbocycles. The quantitative estimate of drug-likeness (QED) is 0.692. The van der Waals surface area contributed by atoms with Gasteiger partial charge in [0, 0.05) is 32.9 Å². The number of nitrogens with zero attached hydrogens (tertiary/aromatic N) is 2. The Morgan fingerprint density at radius 1 is 1.53 bits per heavy atom. The first-order valence-corrected chi connectivity index (χ1v) is 5.50. The molecule has 1 rings (SSSR count). The fraction of sp³-hybridized carbons (Fsp3) is 0.727. The molecule has 4 nitrogen and oxygen atoms in total. The molecular formula is C11H21N3O. The van der Waals surface area contributed by atoms with E-state index in [4.69, 9.17) is 4.74 Å². The van der Waals surface area contributed by atoms with Gasteiger partial charge in [-0.25, -0.2) is 4.98 Å². The second-order valence-corrected chi connectivity index (χ2v) is 3.62. The van der Waals surface area contributed by atoms with Crippen molar-refractivity contribution in [2.24, 2.45) is 0 Å². The molecule has 1 aromatic rings. The van der Waals surface area contributed by atoms with Gasteiger partial charge < -0.3 is 14.6 Å². The maximum Gasteiger partial charge on any atom is 0.105 e. The monoisotopic (exact) mass is 211 g/mol. The second-order valence-electron chi connectivity index (χ2n) is 3.62. The molecule has 0 bridgehead atoms. The van der Waals surface area contributed by atoms with E-state index in [1.807, 2.05) is 13.1 Å².